The Balaban J connectivity index is 1.53. The lowest BCUT2D eigenvalue weighted by Crippen LogP contribution is -2.24. The summed E-state index contributed by atoms with van der Waals surface area (Å²) in [5.41, 5.74) is 5.96. The van der Waals surface area contributed by atoms with Crippen LogP contribution in [0.1, 0.15) is 29.5 Å². The molecule has 2 aromatic rings. The molecule has 4 nitrogen and oxygen atoms in total. The zero-order valence-corrected chi connectivity index (χ0v) is 15.9. The van der Waals surface area contributed by atoms with Crippen LogP contribution in [-0.2, 0) is 17.6 Å². The molecule has 0 unspecified atom stereocenters. The van der Waals surface area contributed by atoms with Gasteiger partial charge in [0.05, 0.1) is 10.7 Å². The number of nitrogens with one attached hydrogen (secondary N) is 1. The van der Waals surface area contributed by atoms with Crippen LogP contribution in [0.3, 0.4) is 0 Å². The van der Waals surface area contributed by atoms with Gasteiger partial charge in [-0.2, -0.15) is 5.10 Å². The molecule has 2 aromatic carbocycles. The Hall–Kier alpha value is -1.85. The summed E-state index contributed by atoms with van der Waals surface area (Å²) in [6.07, 6.45) is 6.13. The van der Waals surface area contributed by atoms with Gasteiger partial charge in [0.1, 0.15) is 5.75 Å². The number of nitrogens with zero attached hydrogens (tertiary/aromatic N) is 1. The van der Waals surface area contributed by atoms with Crippen LogP contribution in [0.15, 0.2) is 46.0 Å². The topological polar surface area (TPSA) is 50.7 Å². The Bertz CT molecular complexity index is 791. The van der Waals surface area contributed by atoms with E-state index in [9.17, 15) is 4.79 Å². The highest BCUT2D eigenvalue weighted by molar-refractivity contribution is 9.10. The third-order valence-corrected chi connectivity index (χ3v) is 5.18. The molecule has 6 heteroatoms. The van der Waals surface area contributed by atoms with Gasteiger partial charge >= 0.3 is 0 Å². The summed E-state index contributed by atoms with van der Waals surface area (Å²) in [5.74, 6) is 0.382. The first-order valence-corrected chi connectivity index (χ1v) is 9.31. The highest BCUT2D eigenvalue weighted by atomic mass is 79.9. The van der Waals surface area contributed by atoms with Crippen molar-refractivity contribution in [3.8, 4) is 5.75 Å². The van der Waals surface area contributed by atoms with E-state index in [-0.39, 0.29) is 12.5 Å². The van der Waals surface area contributed by atoms with Crippen molar-refractivity contribution >= 4 is 39.7 Å². The van der Waals surface area contributed by atoms with E-state index in [0.717, 1.165) is 22.9 Å². The second kappa shape index (κ2) is 8.50. The van der Waals surface area contributed by atoms with E-state index < -0.39 is 0 Å². The maximum atomic E-state index is 11.9. The van der Waals surface area contributed by atoms with Gasteiger partial charge in [-0.15, -0.1) is 0 Å². The fraction of sp³-hybridized carbons (Fsp3) is 0.263. The standard InChI is InChI=1S/C19H18BrClN2O2/c20-19-16-4-2-1-3-14(16)7-10-17(19)25-12-18(24)23-22-11-13-5-8-15(21)9-6-13/h5-11H,1-4,12H2,(H,23,24)/b22-11-. The predicted molar refractivity (Wildman–Crippen MR) is 103 cm³/mol. The summed E-state index contributed by atoms with van der Waals surface area (Å²) in [7, 11) is 0. The molecule has 0 fully saturated rings. The summed E-state index contributed by atoms with van der Waals surface area (Å²) in [6, 6.07) is 11.2. The first kappa shape index (κ1) is 18.0. The molecule has 25 heavy (non-hydrogen) atoms. The number of benzene rings is 2. The van der Waals surface area contributed by atoms with Crippen molar-refractivity contribution in [2.24, 2.45) is 5.10 Å². The van der Waals surface area contributed by atoms with Crippen molar-refractivity contribution in [2.75, 3.05) is 6.61 Å². The molecule has 1 aliphatic carbocycles. The number of amides is 1. The van der Waals surface area contributed by atoms with E-state index >= 15 is 0 Å². The van der Waals surface area contributed by atoms with E-state index in [1.54, 1.807) is 18.3 Å². The van der Waals surface area contributed by atoms with Gasteiger partial charge in [-0.3, -0.25) is 4.79 Å². The number of carbonyl (C=O) groups excluding carboxylic acids is 1. The van der Waals surface area contributed by atoms with E-state index in [4.69, 9.17) is 16.3 Å². The van der Waals surface area contributed by atoms with Gasteiger partial charge in [-0.05, 0) is 76.5 Å². The lowest BCUT2D eigenvalue weighted by molar-refractivity contribution is -0.123. The van der Waals surface area contributed by atoms with E-state index in [0.29, 0.717) is 10.8 Å². The van der Waals surface area contributed by atoms with Crippen molar-refractivity contribution < 1.29 is 9.53 Å². The summed E-state index contributed by atoms with van der Waals surface area (Å²) >= 11 is 9.43. The number of carbonyl (C=O) groups is 1. The molecule has 1 amide bonds. The van der Waals surface area contributed by atoms with Crippen LogP contribution in [0, 0.1) is 0 Å². The van der Waals surface area contributed by atoms with Crippen LogP contribution in [0.2, 0.25) is 5.02 Å². The maximum Gasteiger partial charge on any atom is 0.277 e. The minimum Gasteiger partial charge on any atom is -0.483 e. The molecule has 1 N–H and O–H groups in total. The molecular formula is C19H18BrClN2O2. The third kappa shape index (κ3) is 4.83. The molecule has 0 saturated heterocycles. The number of ether oxygens (including phenoxy) is 1. The van der Waals surface area contributed by atoms with Gasteiger partial charge in [0.25, 0.3) is 5.91 Å². The molecule has 0 saturated carbocycles. The zero-order valence-electron chi connectivity index (χ0n) is 13.6. The molecule has 0 spiro atoms. The molecular weight excluding hydrogens is 404 g/mol. The Labute approximate surface area is 160 Å². The molecule has 0 radical (unpaired) electrons. The Morgan fingerprint density at radius 3 is 2.76 bits per heavy atom. The highest BCUT2D eigenvalue weighted by Crippen LogP contribution is 2.35. The van der Waals surface area contributed by atoms with Crippen molar-refractivity contribution in [3.05, 3.63) is 62.6 Å². The largest absolute Gasteiger partial charge is 0.483 e. The average molecular weight is 422 g/mol. The lowest BCUT2D eigenvalue weighted by Gasteiger charge is -2.19. The number of fused-ring (bicyclic) bond motifs is 1. The number of halogens is 2. The van der Waals surface area contributed by atoms with Crippen LogP contribution in [-0.4, -0.2) is 18.7 Å². The molecule has 0 aromatic heterocycles. The maximum absolute atomic E-state index is 11.9. The smallest absolute Gasteiger partial charge is 0.277 e. The fourth-order valence-electron chi connectivity index (χ4n) is 2.78. The van der Waals surface area contributed by atoms with Crippen molar-refractivity contribution in [3.63, 3.8) is 0 Å². The minimum absolute atomic E-state index is 0.0880. The van der Waals surface area contributed by atoms with Crippen LogP contribution >= 0.6 is 27.5 Å². The molecule has 1 aliphatic rings. The summed E-state index contributed by atoms with van der Waals surface area (Å²) in [6.45, 7) is -0.0880. The molecule has 0 heterocycles. The normalized spacial score (nSPS) is 13.5. The van der Waals surface area contributed by atoms with Crippen LogP contribution in [0.25, 0.3) is 0 Å². The molecule has 0 bridgehead atoms. The summed E-state index contributed by atoms with van der Waals surface area (Å²) in [5, 5.41) is 4.57. The fourth-order valence-corrected chi connectivity index (χ4v) is 3.60. The predicted octanol–water partition coefficient (Wildman–Crippen LogP) is 4.51. The van der Waals surface area contributed by atoms with Crippen LogP contribution in [0.5, 0.6) is 5.75 Å². The van der Waals surface area contributed by atoms with Crippen LogP contribution < -0.4 is 10.2 Å². The van der Waals surface area contributed by atoms with E-state index in [1.165, 1.54) is 24.0 Å². The SMILES string of the molecule is O=C(COc1ccc2c(c1Br)CCCC2)N/N=C\c1ccc(Cl)cc1. The molecule has 0 aliphatic heterocycles. The minimum atomic E-state index is -0.310. The van der Waals surface area contributed by atoms with Gasteiger partial charge in [0.2, 0.25) is 0 Å². The van der Waals surface area contributed by atoms with Gasteiger partial charge in [0, 0.05) is 5.02 Å². The van der Waals surface area contributed by atoms with Gasteiger partial charge < -0.3 is 4.74 Å². The average Bonchev–Trinajstić information content (AvgIpc) is 2.63. The lowest BCUT2D eigenvalue weighted by atomic mass is 9.92. The summed E-state index contributed by atoms with van der Waals surface area (Å²) < 4.78 is 6.59. The number of hydrogen-bond donors (Lipinski definition) is 1. The summed E-state index contributed by atoms with van der Waals surface area (Å²) in [4.78, 5) is 11.9. The van der Waals surface area contributed by atoms with Gasteiger partial charge in [0.15, 0.2) is 6.61 Å². The molecule has 3 rings (SSSR count). The first-order valence-electron chi connectivity index (χ1n) is 8.14. The third-order valence-electron chi connectivity index (χ3n) is 4.06. The Kier molecular flexibility index (Phi) is 6.10. The zero-order chi connectivity index (χ0) is 17.6. The molecule has 0 atom stereocenters. The number of hydrazone groups is 1. The second-order valence-corrected chi connectivity index (χ2v) is 7.09. The number of aryl methyl sites for hydroxylation is 1. The quantitative estimate of drug-likeness (QED) is 0.570. The van der Waals surface area contributed by atoms with Gasteiger partial charge in [-0.1, -0.05) is 29.8 Å². The molecule has 130 valence electrons. The van der Waals surface area contributed by atoms with Crippen molar-refractivity contribution in [2.45, 2.75) is 25.7 Å². The van der Waals surface area contributed by atoms with E-state index in [1.807, 2.05) is 18.2 Å². The number of hydrogen-bond acceptors (Lipinski definition) is 3. The van der Waals surface area contributed by atoms with Crippen LogP contribution in [0.4, 0.5) is 0 Å². The Morgan fingerprint density at radius 1 is 1.20 bits per heavy atom. The monoisotopic (exact) mass is 420 g/mol. The van der Waals surface area contributed by atoms with E-state index in [2.05, 4.69) is 32.5 Å². The second-order valence-electron chi connectivity index (χ2n) is 5.86. The highest BCUT2D eigenvalue weighted by Gasteiger charge is 2.16. The first-order chi connectivity index (χ1) is 12.1. The number of rotatable bonds is 5. The van der Waals surface area contributed by atoms with Gasteiger partial charge in [-0.25, -0.2) is 5.43 Å². The Morgan fingerprint density at radius 2 is 1.96 bits per heavy atom. The van der Waals surface area contributed by atoms with Crippen molar-refractivity contribution in [1.29, 1.82) is 0 Å². The van der Waals surface area contributed by atoms with Crippen molar-refractivity contribution in [1.82, 2.24) is 5.43 Å².